The van der Waals surface area contributed by atoms with Crippen molar-refractivity contribution in [3.63, 3.8) is 0 Å². The molecule has 1 aromatic heterocycles. The van der Waals surface area contributed by atoms with Crippen LogP contribution in [0.25, 0.3) is 0 Å². The number of hydrogen-bond acceptors (Lipinski definition) is 3. The van der Waals surface area contributed by atoms with Crippen LogP contribution in [0.1, 0.15) is 10.5 Å². The summed E-state index contributed by atoms with van der Waals surface area (Å²) in [5.74, 6) is -0.577. The maximum Gasteiger partial charge on any atom is 0.446 e. The fraction of sp³-hybridized carbons (Fsp3) is 0.0769. The summed E-state index contributed by atoms with van der Waals surface area (Å²) in [6, 6.07) is 10.4. The lowest BCUT2D eigenvalue weighted by Crippen LogP contribution is -2.14. The van der Waals surface area contributed by atoms with Gasteiger partial charge in [-0.15, -0.1) is 0 Å². The average molecular weight is 377 g/mol. The number of carbonyl (C=O) groups excluding carboxylic acids is 1. The van der Waals surface area contributed by atoms with Gasteiger partial charge in [0.15, 0.2) is 0 Å². The number of amides is 1. The third kappa shape index (κ3) is 4.75. The molecule has 0 saturated carbocycles. The van der Waals surface area contributed by atoms with E-state index in [1.54, 1.807) is 18.2 Å². The number of anilines is 1. The zero-order valence-electron chi connectivity index (χ0n) is 10.3. The van der Waals surface area contributed by atoms with Crippen molar-refractivity contribution in [1.29, 1.82) is 0 Å². The molecular weight excluding hydrogens is 369 g/mol. The Bertz CT molecular complexity index is 664. The number of pyridine rings is 1. The number of thioether (sulfide) groups is 1. The molecule has 3 nitrogen and oxygen atoms in total. The molecule has 0 fully saturated rings. The first-order valence-corrected chi connectivity index (χ1v) is 7.25. The molecule has 1 heterocycles. The summed E-state index contributed by atoms with van der Waals surface area (Å²) in [6.07, 6.45) is 0. The molecule has 0 unspecified atom stereocenters. The number of nitrogens with one attached hydrogen (secondary N) is 1. The van der Waals surface area contributed by atoms with Gasteiger partial charge in [-0.1, -0.05) is 18.2 Å². The number of aromatic nitrogens is 1. The molecule has 1 amide bonds. The standard InChI is InChI=1S/C13H8BrF3N2OS/c14-11-7-3-5-9(18-11)12(20)19-8-4-1-2-6-10(8)21-13(15,16)17/h1-7H,(H,19,20). The molecule has 0 aliphatic carbocycles. The van der Waals surface area contributed by atoms with E-state index < -0.39 is 11.4 Å². The highest BCUT2D eigenvalue weighted by Gasteiger charge is 2.30. The van der Waals surface area contributed by atoms with Crippen molar-refractivity contribution in [2.75, 3.05) is 5.32 Å². The van der Waals surface area contributed by atoms with Crippen LogP contribution < -0.4 is 5.32 Å². The van der Waals surface area contributed by atoms with E-state index in [0.29, 0.717) is 4.60 Å². The van der Waals surface area contributed by atoms with Crippen LogP contribution in [-0.2, 0) is 0 Å². The maximum absolute atomic E-state index is 12.5. The average Bonchev–Trinajstić information content (AvgIpc) is 2.39. The van der Waals surface area contributed by atoms with E-state index in [0.717, 1.165) is 0 Å². The summed E-state index contributed by atoms with van der Waals surface area (Å²) in [4.78, 5) is 15.9. The minimum absolute atomic E-state index is 0.0756. The van der Waals surface area contributed by atoms with Gasteiger partial charge < -0.3 is 5.32 Å². The predicted molar refractivity (Wildman–Crippen MR) is 78.2 cm³/mol. The highest BCUT2D eigenvalue weighted by Crippen LogP contribution is 2.40. The van der Waals surface area contributed by atoms with Crippen molar-refractivity contribution in [2.24, 2.45) is 0 Å². The number of carbonyl (C=O) groups is 1. The van der Waals surface area contributed by atoms with Gasteiger partial charge in [-0.25, -0.2) is 4.98 Å². The molecule has 0 atom stereocenters. The van der Waals surface area contributed by atoms with Gasteiger partial charge in [0.2, 0.25) is 0 Å². The second-order valence-corrected chi connectivity index (χ2v) is 5.76. The number of halogens is 4. The number of rotatable bonds is 3. The van der Waals surface area contributed by atoms with Crippen molar-refractivity contribution in [1.82, 2.24) is 4.98 Å². The largest absolute Gasteiger partial charge is 0.446 e. The summed E-state index contributed by atoms with van der Waals surface area (Å²) < 4.78 is 37.9. The Balaban J connectivity index is 2.22. The fourth-order valence-corrected chi connectivity index (χ4v) is 2.47. The molecule has 2 aromatic rings. The molecular formula is C13H8BrF3N2OS. The number of para-hydroxylation sites is 1. The summed E-state index contributed by atoms with van der Waals surface area (Å²) in [7, 11) is 0. The second-order valence-electron chi connectivity index (χ2n) is 3.84. The van der Waals surface area contributed by atoms with Crippen LogP contribution in [0.15, 0.2) is 52.0 Å². The van der Waals surface area contributed by atoms with Gasteiger partial charge >= 0.3 is 5.51 Å². The third-order valence-corrected chi connectivity index (χ3v) is 3.56. The monoisotopic (exact) mass is 376 g/mol. The molecule has 1 N–H and O–H groups in total. The summed E-state index contributed by atoms with van der Waals surface area (Å²) in [6.45, 7) is 0. The van der Waals surface area contributed by atoms with Crippen LogP contribution >= 0.6 is 27.7 Å². The van der Waals surface area contributed by atoms with Gasteiger partial charge in [0, 0.05) is 4.90 Å². The molecule has 110 valence electrons. The summed E-state index contributed by atoms with van der Waals surface area (Å²) in [5.41, 5.74) is -4.22. The second kappa shape index (κ2) is 6.48. The van der Waals surface area contributed by atoms with Crippen LogP contribution in [0, 0.1) is 0 Å². The molecule has 0 radical (unpaired) electrons. The van der Waals surface area contributed by atoms with E-state index in [9.17, 15) is 18.0 Å². The van der Waals surface area contributed by atoms with Crippen molar-refractivity contribution < 1.29 is 18.0 Å². The van der Waals surface area contributed by atoms with E-state index in [-0.39, 0.29) is 28.0 Å². The van der Waals surface area contributed by atoms with Crippen molar-refractivity contribution >= 4 is 39.3 Å². The maximum atomic E-state index is 12.5. The van der Waals surface area contributed by atoms with Crippen LogP contribution in [0.5, 0.6) is 0 Å². The smallest absolute Gasteiger partial charge is 0.320 e. The topological polar surface area (TPSA) is 42.0 Å². The quantitative estimate of drug-likeness (QED) is 0.623. The number of hydrogen-bond donors (Lipinski definition) is 1. The van der Waals surface area contributed by atoms with E-state index in [1.165, 1.54) is 24.3 Å². The van der Waals surface area contributed by atoms with Crippen LogP contribution in [-0.4, -0.2) is 16.4 Å². The Morgan fingerprint density at radius 3 is 2.52 bits per heavy atom. The Morgan fingerprint density at radius 1 is 1.14 bits per heavy atom. The first-order chi connectivity index (χ1) is 9.85. The summed E-state index contributed by atoms with van der Waals surface area (Å²) >= 11 is 2.85. The van der Waals surface area contributed by atoms with Crippen molar-refractivity contribution in [3.8, 4) is 0 Å². The molecule has 21 heavy (non-hydrogen) atoms. The number of benzene rings is 1. The molecule has 0 aliphatic rings. The highest BCUT2D eigenvalue weighted by atomic mass is 79.9. The SMILES string of the molecule is O=C(Nc1ccccc1SC(F)(F)F)c1cccc(Br)n1. The van der Waals surface area contributed by atoms with Gasteiger partial charge in [-0.2, -0.15) is 13.2 Å². The van der Waals surface area contributed by atoms with Crippen LogP contribution in [0.2, 0.25) is 0 Å². The number of nitrogens with zero attached hydrogens (tertiary/aromatic N) is 1. The van der Waals surface area contributed by atoms with Gasteiger partial charge in [0.25, 0.3) is 5.91 Å². The molecule has 1 aromatic carbocycles. The van der Waals surface area contributed by atoms with Gasteiger partial charge in [-0.05, 0) is 52.0 Å². The van der Waals surface area contributed by atoms with Gasteiger partial charge in [-0.3, -0.25) is 4.79 Å². The zero-order valence-corrected chi connectivity index (χ0v) is 12.7. The minimum Gasteiger partial charge on any atom is -0.320 e. The Labute approximate surface area is 131 Å². The molecule has 0 aliphatic heterocycles. The Hall–Kier alpha value is -1.54. The van der Waals surface area contributed by atoms with Crippen molar-refractivity contribution in [3.05, 3.63) is 52.8 Å². The lowest BCUT2D eigenvalue weighted by molar-refractivity contribution is -0.0328. The number of alkyl halides is 3. The zero-order chi connectivity index (χ0) is 15.5. The molecule has 0 spiro atoms. The fourth-order valence-electron chi connectivity index (χ4n) is 1.50. The normalized spacial score (nSPS) is 11.2. The van der Waals surface area contributed by atoms with E-state index in [2.05, 4.69) is 26.2 Å². The first-order valence-electron chi connectivity index (χ1n) is 5.64. The van der Waals surface area contributed by atoms with E-state index in [4.69, 9.17) is 0 Å². The Kier molecular flexibility index (Phi) is 4.89. The van der Waals surface area contributed by atoms with E-state index in [1.807, 2.05) is 0 Å². The predicted octanol–water partition coefficient (Wildman–Crippen LogP) is 4.71. The lowest BCUT2D eigenvalue weighted by atomic mass is 10.3. The summed E-state index contributed by atoms with van der Waals surface area (Å²) in [5, 5.41) is 2.43. The Morgan fingerprint density at radius 2 is 1.86 bits per heavy atom. The molecule has 0 saturated heterocycles. The first kappa shape index (κ1) is 15.8. The van der Waals surface area contributed by atoms with E-state index >= 15 is 0 Å². The molecule has 8 heteroatoms. The molecule has 0 bridgehead atoms. The minimum atomic E-state index is -4.42. The lowest BCUT2D eigenvalue weighted by Gasteiger charge is -2.11. The molecule has 2 rings (SSSR count). The third-order valence-electron chi connectivity index (χ3n) is 2.31. The highest BCUT2D eigenvalue weighted by molar-refractivity contribution is 9.10. The van der Waals surface area contributed by atoms with Gasteiger partial charge in [0.1, 0.15) is 10.3 Å². The van der Waals surface area contributed by atoms with Gasteiger partial charge in [0.05, 0.1) is 5.69 Å². The van der Waals surface area contributed by atoms with Crippen molar-refractivity contribution in [2.45, 2.75) is 10.4 Å². The van der Waals surface area contributed by atoms with Crippen LogP contribution in [0.4, 0.5) is 18.9 Å². The van der Waals surface area contributed by atoms with Crippen LogP contribution in [0.3, 0.4) is 0 Å².